The van der Waals surface area contributed by atoms with Crippen LogP contribution in [0.15, 0.2) is 12.1 Å². The summed E-state index contributed by atoms with van der Waals surface area (Å²) in [6.45, 7) is 7.43. The van der Waals surface area contributed by atoms with E-state index in [9.17, 15) is 9.59 Å². The van der Waals surface area contributed by atoms with E-state index in [1.807, 2.05) is 30.9 Å². The molecule has 0 saturated heterocycles. The van der Waals surface area contributed by atoms with Crippen molar-refractivity contribution in [3.05, 3.63) is 12.1 Å². The van der Waals surface area contributed by atoms with Crippen LogP contribution >= 0.6 is 34.5 Å². The van der Waals surface area contributed by atoms with E-state index in [1.165, 1.54) is 29.6 Å². The molecule has 138 valence electrons. The van der Waals surface area contributed by atoms with Crippen LogP contribution in [0, 0.1) is 0 Å². The molecule has 3 aromatic rings. The summed E-state index contributed by atoms with van der Waals surface area (Å²) in [4.78, 5) is 34.4. The van der Waals surface area contributed by atoms with Crippen molar-refractivity contribution < 1.29 is 9.59 Å². The number of benzene rings is 1. The maximum atomic E-state index is 12.1. The summed E-state index contributed by atoms with van der Waals surface area (Å²) in [7, 11) is 0. The van der Waals surface area contributed by atoms with Crippen molar-refractivity contribution in [2.75, 3.05) is 29.4 Å². The fraction of sp³-hybridized carbons (Fsp3) is 0.375. The van der Waals surface area contributed by atoms with Crippen molar-refractivity contribution in [2.24, 2.45) is 0 Å². The molecule has 0 aliphatic rings. The minimum Gasteiger partial charge on any atom is -0.301 e. The molecule has 0 unspecified atom stereocenters. The molecule has 26 heavy (non-hydrogen) atoms. The molecule has 10 heteroatoms. The molecule has 2 amide bonds. The predicted octanol–water partition coefficient (Wildman–Crippen LogP) is 3.69. The smallest absolute Gasteiger partial charge is 0.240 e. The van der Waals surface area contributed by atoms with E-state index in [4.69, 9.17) is 11.8 Å². The summed E-state index contributed by atoms with van der Waals surface area (Å²) in [6.07, 6.45) is 0. The Balaban J connectivity index is 1.83. The quantitative estimate of drug-likeness (QED) is 0.626. The predicted molar refractivity (Wildman–Crippen MR) is 108 cm³/mol. The van der Waals surface area contributed by atoms with Crippen LogP contribution < -0.4 is 9.74 Å². The van der Waals surface area contributed by atoms with Crippen LogP contribution in [-0.2, 0) is 9.59 Å². The van der Waals surface area contributed by atoms with Crippen molar-refractivity contribution in [1.82, 2.24) is 14.9 Å². The number of likely N-dealkylation sites (N-methyl/N-ethyl adjacent to an activating group) is 1. The molecule has 0 radical (unpaired) electrons. The number of carbonyl (C=O) groups excluding carboxylic acids is 2. The molecule has 3 rings (SSSR count). The third-order valence-electron chi connectivity index (χ3n) is 3.84. The SMILES string of the molecule is CCN(CC)CC(=O)Nc1nc2cc3nc(N(Cl)C(C)=O)sc3cc2s1. The maximum Gasteiger partial charge on any atom is 0.240 e. The molecule has 0 aliphatic carbocycles. The van der Waals surface area contributed by atoms with Gasteiger partial charge in [-0.2, -0.15) is 4.42 Å². The van der Waals surface area contributed by atoms with Crippen LogP contribution in [0.2, 0.25) is 0 Å². The van der Waals surface area contributed by atoms with Crippen molar-refractivity contribution in [2.45, 2.75) is 20.8 Å². The molecule has 2 aromatic heterocycles. The Kier molecular flexibility index (Phi) is 5.71. The number of anilines is 2. The standard InChI is InChI=1S/C16H18ClN5O2S2/c1-4-21(5-2)8-14(24)20-15-18-10-6-11-13(7-12(10)25-15)26-16(19-11)22(17)9(3)23/h6-7H,4-5,8H2,1-3H3,(H,18,20,24). The number of amides is 2. The van der Waals surface area contributed by atoms with Gasteiger partial charge in [0.2, 0.25) is 16.9 Å². The molecular formula is C16H18ClN5O2S2. The van der Waals surface area contributed by atoms with Crippen molar-refractivity contribution in [1.29, 1.82) is 0 Å². The Hall–Kier alpha value is -1.81. The van der Waals surface area contributed by atoms with Crippen LogP contribution in [0.5, 0.6) is 0 Å². The van der Waals surface area contributed by atoms with Crippen LogP contribution in [0.3, 0.4) is 0 Å². The fourth-order valence-corrected chi connectivity index (χ4v) is 4.47. The van der Waals surface area contributed by atoms with Gasteiger partial charge in [0.1, 0.15) is 0 Å². The largest absolute Gasteiger partial charge is 0.301 e. The Morgan fingerprint density at radius 3 is 2.42 bits per heavy atom. The summed E-state index contributed by atoms with van der Waals surface area (Å²) in [6, 6.07) is 3.79. The van der Waals surface area contributed by atoms with E-state index in [0.717, 1.165) is 37.9 Å². The van der Waals surface area contributed by atoms with Gasteiger partial charge in [0, 0.05) is 18.7 Å². The number of halogens is 1. The van der Waals surface area contributed by atoms with Crippen LogP contribution in [0.4, 0.5) is 10.3 Å². The Bertz CT molecular complexity index is 915. The Morgan fingerprint density at radius 2 is 1.77 bits per heavy atom. The third kappa shape index (κ3) is 3.96. The number of rotatable bonds is 6. The monoisotopic (exact) mass is 411 g/mol. The second-order valence-electron chi connectivity index (χ2n) is 5.61. The fourth-order valence-electron chi connectivity index (χ4n) is 2.42. The van der Waals surface area contributed by atoms with Gasteiger partial charge in [0.05, 0.1) is 27.0 Å². The third-order valence-corrected chi connectivity index (χ3v) is 6.27. The van der Waals surface area contributed by atoms with Crippen molar-refractivity contribution in [3.8, 4) is 0 Å². The highest BCUT2D eigenvalue weighted by Gasteiger charge is 2.16. The highest BCUT2D eigenvalue weighted by atomic mass is 35.5. The average molecular weight is 412 g/mol. The van der Waals surface area contributed by atoms with Crippen molar-refractivity contribution >= 4 is 77.0 Å². The summed E-state index contributed by atoms with van der Waals surface area (Å²) in [5.41, 5.74) is 1.47. The van der Waals surface area contributed by atoms with Gasteiger partial charge >= 0.3 is 0 Å². The molecule has 1 aromatic carbocycles. The second-order valence-corrected chi connectivity index (χ2v) is 7.99. The summed E-state index contributed by atoms with van der Waals surface area (Å²) < 4.78 is 2.85. The van der Waals surface area contributed by atoms with Gasteiger partial charge in [-0.25, -0.2) is 9.97 Å². The van der Waals surface area contributed by atoms with Crippen LogP contribution in [-0.4, -0.2) is 46.3 Å². The number of nitrogens with zero attached hydrogens (tertiary/aromatic N) is 4. The molecule has 2 heterocycles. The van der Waals surface area contributed by atoms with E-state index in [2.05, 4.69) is 15.3 Å². The molecule has 1 N–H and O–H groups in total. The highest BCUT2D eigenvalue weighted by molar-refractivity contribution is 7.24. The minimum absolute atomic E-state index is 0.0748. The molecular weight excluding hydrogens is 394 g/mol. The number of nitrogens with one attached hydrogen (secondary N) is 1. The lowest BCUT2D eigenvalue weighted by molar-refractivity contribution is -0.117. The summed E-state index contributed by atoms with van der Waals surface area (Å²) in [5, 5.41) is 3.86. The number of hydrogen-bond donors (Lipinski definition) is 1. The number of hydrogen-bond acceptors (Lipinski definition) is 7. The zero-order valence-electron chi connectivity index (χ0n) is 14.6. The molecule has 0 atom stereocenters. The van der Waals surface area contributed by atoms with Gasteiger partial charge in [-0.05, 0) is 25.2 Å². The number of fused-ring (bicyclic) bond motifs is 2. The zero-order chi connectivity index (χ0) is 18.8. The minimum atomic E-state index is -0.288. The summed E-state index contributed by atoms with van der Waals surface area (Å²) >= 11 is 8.68. The molecule has 0 aliphatic heterocycles. The molecule has 0 saturated carbocycles. The van der Waals surface area contributed by atoms with E-state index in [-0.39, 0.29) is 11.8 Å². The molecule has 0 fully saturated rings. The average Bonchev–Trinajstić information content (AvgIpc) is 3.18. The van der Waals surface area contributed by atoms with Gasteiger partial charge in [-0.15, -0.1) is 0 Å². The topological polar surface area (TPSA) is 78.4 Å². The normalized spacial score (nSPS) is 11.4. The van der Waals surface area contributed by atoms with Crippen LogP contribution in [0.25, 0.3) is 20.4 Å². The summed E-state index contributed by atoms with van der Waals surface area (Å²) in [5.74, 6) is -0.363. The van der Waals surface area contributed by atoms with E-state index in [1.54, 1.807) is 0 Å². The lowest BCUT2D eigenvalue weighted by atomic mass is 10.3. The first-order chi connectivity index (χ1) is 12.4. The van der Waals surface area contributed by atoms with Gasteiger partial charge in [0.15, 0.2) is 5.13 Å². The first kappa shape index (κ1) is 19.0. The van der Waals surface area contributed by atoms with E-state index >= 15 is 0 Å². The van der Waals surface area contributed by atoms with Crippen molar-refractivity contribution in [3.63, 3.8) is 0 Å². The zero-order valence-corrected chi connectivity index (χ0v) is 17.0. The van der Waals surface area contributed by atoms with Gasteiger partial charge in [-0.1, -0.05) is 36.5 Å². The second kappa shape index (κ2) is 7.83. The molecule has 7 nitrogen and oxygen atoms in total. The van der Waals surface area contributed by atoms with Gasteiger partial charge in [-0.3, -0.25) is 14.5 Å². The molecule has 0 bridgehead atoms. The first-order valence-electron chi connectivity index (χ1n) is 8.11. The lowest BCUT2D eigenvalue weighted by Gasteiger charge is -2.16. The van der Waals surface area contributed by atoms with Gasteiger partial charge in [0.25, 0.3) is 0 Å². The highest BCUT2D eigenvalue weighted by Crippen LogP contribution is 2.35. The van der Waals surface area contributed by atoms with E-state index < -0.39 is 0 Å². The Morgan fingerprint density at radius 1 is 1.12 bits per heavy atom. The number of thiazole rings is 2. The van der Waals surface area contributed by atoms with E-state index in [0.29, 0.717) is 16.8 Å². The maximum absolute atomic E-state index is 12.1. The van der Waals surface area contributed by atoms with Crippen LogP contribution in [0.1, 0.15) is 20.8 Å². The Labute approximate surface area is 163 Å². The lowest BCUT2D eigenvalue weighted by Crippen LogP contribution is -2.32. The van der Waals surface area contributed by atoms with Gasteiger partial charge < -0.3 is 5.32 Å². The molecule has 0 spiro atoms. The number of carbonyl (C=O) groups is 2. The number of aromatic nitrogens is 2. The first-order valence-corrected chi connectivity index (χ1v) is 10.1.